The number of hydrogen-bond acceptors (Lipinski definition) is 5. The van der Waals surface area contributed by atoms with Crippen molar-refractivity contribution in [2.45, 2.75) is 49.9 Å². The van der Waals surface area contributed by atoms with Crippen LogP contribution >= 0.6 is 11.6 Å². The van der Waals surface area contributed by atoms with Crippen molar-refractivity contribution in [3.8, 4) is 28.8 Å². The van der Waals surface area contributed by atoms with Crippen LogP contribution in [0.4, 0.5) is 30.7 Å². The average molecular weight is 605 g/mol. The molecule has 16 heteroatoms. The molecule has 0 bridgehead atoms. The number of amides is 1. The Labute approximate surface area is 232 Å². The highest BCUT2D eigenvalue weighted by Crippen LogP contribution is 2.49. The molecule has 0 radical (unpaired) electrons. The number of carbonyl (C=O) groups excluding carboxylic acids is 1. The third-order valence-electron chi connectivity index (χ3n) is 7.00. The second kappa shape index (κ2) is 9.93. The lowest BCUT2D eigenvalue weighted by Gasteiger charge is -2.28. The minimum absolute atomic E-state index is 0.0912. The summed E-state index contributed by atoms with van der Waals surface area (Å²) in [4.78, 5) is 15.1. The Hall–Kier alpha value is -3.80. The Bertz CT molecular complexity index is 1540. The molecule has 2 aromatic heterocycles. The fourth-order valence-corrected chi connectivity index (χ4v) is 4.66. The van der Waals surface area contributed by atoms with Crippen LogP contribution in [0.15, 0.2) is 30.6 Å². The molecule has 0 atom stereocenters. The van der Waals surface area contributed by atoms with E-state index in [-0.39, 0.29) is 16.1 Å². The molecule has 0 spiro atoms. The van der Waals surface area contributed by atoms with E-state index >= 15 is 0 Å². The Morgan fingerprint density at radius 2 is 1.93 bits per heavy atom. The molecular weight excluding hydrogens is 585 g/mol. The first-order valence-corrected chi connectivity index (χ1v) is 12.6. The van der Waals surface area contributed by atoms with Crippen LogP contribution in [0.2, 0.25) is 5.02 Å². The van der Waals surface area contributed by atoms with Gasteiger partial charge in [-0.15, -0.1) is 0 Å². The number of nitrogens with zero attached hydrogens (tertiary/aromatic N) is 6. The molecule has 2 heterocycles. The maximum Gasteiger partial charge on any atom is 0.459 e. The van der Waals surface area contributed by atoms with E-state index in [9.17, 15) is 40.8 Å². The quantitative estimate of drug-likeness (QED) is 0.276. The van der Waals surface area contributed by atoms with E-state index in [0.29, 0.717) is 35.5 Å². The lowest BCUT2D eigenvalue weighted by molar-refractivity contribution is -0.291. The molecule has 41 heavy (non-hydrogen) atoms. The third kappa shape index (κ3) is 5.20. The van der Waals surface area contributed by atoms with Crippen molar-refractivity contribution in [3.05, 3.63) is 46.9 Å². The predicted molar refractivity (Wildman–Crippen MR) is 129 cm³/mol. The van der Waals surface area contributed by atoms with Gasteiger partial charge in [-0.25, -0.2) is 9.36 Å². The highest BCUT2D eigenvalue weighted by atomic mass is 35.5. The van der Waals surface area contributed by atoms with E-state index in [1.807, 2.05) is 0 Å². The second-order valence-corrected chi connectivity index (χ2v) is 10.4. The number of hydrogen-bond donors (Lipinski definition) is 0. The van der Waals surface area contributed by atoms with Gasteiger partial charge >= 0.3 is 18.7 Å². The highest BCUT2D eigenvalue weighted by molar-refractivity contribution is 6.34. The summed E-state index contributed by atoms with van der Waals surface area (Å²) in [6.07, 6.45) is -0.845. The van der Waals surface area contributed by atoms with Gasteiger partial charge in [-0.1, -0.05) is 17.7 Å². The summed E-state index contributed by atoms with van der Waals surface area (Å²) < 4.78 is 99.0. The molecule has 1 aromatic carbocycles. The molecule has 2 aliphatic carbocycles. The van der Waals surface area contributed by atoms with Gasteiger partial charge in [-0.2, -0.15) is 46.2 Å². The van der Waals surface area contributed by atoms with Gasteiger partial charge in [-0.05, 0) is 49.3 Å². The van der Waals surface area contributed by atoms with Gasteiger partial charge < -0.3 is 9.64 Å². The number of nitriles is 1. The van der Waals surface area contributed by atoms with Crippen LogP contribution in [-0.2, 0) is 13.0 Å². The van der Waals surface area contributed by atoms with Crippen LogP contribution in [0.5, 0.6) is 5.75 Å². The molecule has 0 N–H and O–H groups in total. The second-order valence-electron chi connectivity index (χ2n) is 9.95. The summed E-state index contributed by atoms with van der Waals surface area (Å²) in [5, 5.41) is 16.9. The predicted octanol–water partition coefficient (Wildman–Crippen LogP) is 6.09. The van der Waals surface area contributed by atoms with Crippen LogP contribution in [0, 0.1) is 17.2 Å². The van der Waals surface area contributed by atoms with Crippen molar-refractivity contribution in [3.63, 3.8) is 0 Å². The number of ether oxygens (including phenoxy) is 1. The zero-order valence-corrected chi connectivity index (χ0v) is 21.9. The van der Waals surface area contributed by atoms with Crippen molar-refractivity contribution < 1.29 is 40.3 Å². The van der Waals surface area contributed by atoms with Crippen molar-refractivity contribution in [1.82, 2.24) is 24.5 Å². The molecule has 3 aromatic rings. The Kier molecular flexibility index (Phi) is 6.96. The highest BCUT2D eigenvalue weighted by Gasteiger charge is 2.62. The molecule has 218 valence electrons. The first-order valence-electron chi connectivity index (χ1n) is 12.2. The van der Waals surface area contributed by atoms with Crippen LogP contribution in [0.25, 0.3) is 16.9 Å². The van der Waals surface area contributed by atoms with Gasteiger partial charge in [-0.3, -0.25) is 4.79 Å². The van der Waals surface area contributed by atoms with Crippen LogP contribution < -0.4 is 4.74 Å². The van der Waals surface area contributed by atoms with Gasteiger partial charge in [0.25, 0.3) is 5.91 Å². The molecule has 0 saturated heterocycles. The molecule has 2 aliphatic rings. The summed E-state index contributed by atoms with van der Waals surface area (Å²) in [6, 6.07) is 6.59. The Morgan fingerprint density at radius 3 is 2.49 bits per heavy atom. The van der Waals surface area contributed by atoms with Crippen molar-refractivity contribution in [2.75, 3.05) is 6.54 Å². The summed E-state index contributed by atoms with van der Waals surface area (Å²) >= 11 is 6.35. The number of halogens is 8. The topological polar surface area (TPSA) is 89.0 Å². The number of alkyl halides is 7. The summed E-state index contributed by atoms with van der Waals surface area (Å²) in [5.41, 5.74) is -2.29. The number of carbonyl (C=O) groups is 1. The van der Waals surface area contributed by atoms with Gasteiger partial charge in [0.05, 0.1) is 22.9 Å². The SMILES string of the molecule is Cn1nc(C(F)(F)C(F)(F)F)c(OC(F)F)c1-n1cc(-c2ccc(Cl)c(C(=O)N(CC3CC3)C3(C#N)CC3)c2)cn1. The zero-order valence-electron chi connectivity index (χ0n) is 21.1. The van der Waals surface area contributed by atoms with Crippen molar-refractivity contribution >= 4 is 17.5 Å². The maximum atomic E-state index is 14.1. The monoisotopic (exact) mass is 604 g/mol. The Morgan fingerprint density at radius 1 is 1.24 bits per heavy atom. The average Bonchev–Trinajstić information content (AvgIpc) is 3.80. The first kappa shape index (κ1) is 28.7. The minimum atomic E-state index is -6.14. The van der Waals surface area contributed by atoms with Crippen molar-refractivity contribution in [2.24, 2.45) is 13.0 Å². The first-order chi connectivity index (χ1) is 19.2. The van der Waals surface area contributed by atoms with Crippen LogP contribution in [-0.4, -0.2) is 55.2 Å². The molecule has 5 rings (SSSR count). The number of aromatic nitrogens is 4. The molecular formula is C25H20ClF7N6O2. The molecule has 0 unspecified atom stereocenters. The largest absolute Gasteiger partial charge is 0.459 e. The normalized spacial score (nSPS) is 16.5. The van der Waals surface area contributed by atoms with E-state index < -0.39 is 47.4 Å². The van der Waals surface area contributed by atoms with Gasteiger partial charge in [0.15, 0.2) is 17.3 Å². The minimum Gasteiger partial charge on any atom is -0.428 e. The van der Waals surface area contributed by atoms with Crippen LogP contribution in [0.1, 0.15) is 41.7 Å². The third-order valence-corrected chi connectivity index (χ3v) is 7.33. The molecule has 1 amide bonds. The number of rotatable bonds is 9. The van der Waals surface area contributed by atoms with E-state index in [0.717, 1.165) is 30.8 Å². The van der Waals surface area contributed by atoms with E-state index in [2.05, 4.69) is 21.0 Å². The number of aryl methyl sites for hydroxylation is 1. The molecule has 8 nitrogen and oxygen atoms in total. The maximum absolute atomic E-state index is 14.1. The zero-order chi connectivity index (χ0) is 29.9. The number of benzene rings is 1. The summed E-state index contributed by atoms with van der Waals surface area (Å²) in [7, 11) is 0.960. The van der Waals surface area contributed by atoms with E-state index in [4.69, 9.17) is 11.6 Å². The summed E-state index contributed by atoms with van der Waals surface area (Å²) in [6.45, 7) is -3.34. The smallest absolute Gasteiger partial charge is 0.428 e. The molecule has 0 aliphatic heterocycles. The molecule has 2 fully saturated rings. The van der Waals surface area contributed by atoms with Gasteiger partial charge in [0.1, 0.15) is 5.54 Å². The fourth-order valence-electron chi connectivity index (χ4n) is 4.46. The van der Waals surface area contributed by atoms with Crippen molar-refractivity contribution in [1.29, 1.82) is 5.26 Å². The van der Waals surface area contributed by atoms with E-state index in [1.54, 1.807) is 0 Å². The van der Waals surface area contributed by atoms with Gasteiger partial charge in [0.2, 0.25) is 0 Å². The standard InChI is InChI=1S/C25H20ClF7N6O2/c1-37-20(18(41-22(27)28)19(36-37)24(29,30)25(31,32)33)39-11-15(9-35-39)14-4-5-17(26)16(8-14)21(40)38(10-13-2-3-13)23(12-34)6-7-23/h4-5,8-9,11,13,22H,2-3,6-7,10H2,1H3. The van der Waals surface area contributed by atoms with E-state index in [1.165, 1.54) is 29.3 Å². The lowest BCUT2D eigenvalue weighted by Crippen LogP contribution is -2.42. The van der Waals surface area contributed by atoms with Crippen LogP contribution in [0.3, 0.4) is 0 Å². The summed E-state index contributed by atoms with van der Waals surface area (Å²) in [5.74, 6) is -7.99. The fraction of sp³-hybridized carbons (Fsp3) is 0.440. The Balaban J connectivity index is 1.52. The van der Waals surface area contributed by atoms with Gasteiger partial charge in [0, 0.05) is 25.4 Å². The molecule has 2 saturated carbocycles. The lowest BCUT2D eigenvalue weighted by atomic mass is 10.0.